The Morgan fingerprint density at radius 1 is 1.38 bits per heavy atom. The third-order valence-electron chi connectivity index (χ3n) is 2.14. The van der Waals surface area contributed by atoms with Crippen molar-refractivity contribution in [1.29, 1.82) is 5.26 Å². The fourth-order valence-corrected chi connectivity index (χ4v) is 1.26. The second-order valence-electron chi connectivity index (χ2n) is 4.28. The Morgan fingerprint density at radius 3 is 2.23 bits per heavy atom. The van der Waals surface area contributed by atoms with Crippen molar-refractivity contribution in [3.05, 3.63) is 17.2 Å². The first-order valence-corrected chi connectivity index (χ1v) is 4.32. The number of aromatic nitrogens is 2. The Bertz CT molecular complexity index is 361. The molecule has 0 N–H and O–H groups in total. The van der Waals surface area contributed by atoms with Gasteiger partial charge in [0.05, 0.1) is 5.69 Å². The highest BCUT2D eigenvalue weighted by Crippen LogP contribution is 2.24. The third kappa shape index (κ3) is 1.57. The lowest BCUT2D eigenvalue weighted by Gasteiger charge is -2.15. The monoisotopic (exact) mass is 177 g/mol. The summed E-state index contributed by atoms with van der Waals surface area (Å²) < 4.78 is 1.83. The number of hydrogen-bond acceptors (Lipinski definition) is 2. The molecule has 0 spiro atoms. The van der Waals surface area contributed by atoms with E-state index in [0.717, 1.165) is 11.5 Å². The second-order valence-corrected chi connectivity index (χ2v) is 4.28. The number of imidazole rings is 1. The minimum atomic E-state index is -0.0584. The maximum absolute atomic E-state index is 8.97. The summed E-state index contributed by atoms with van der Waals surface area (Å²) in [5.41, 5.74) is 1.50. The van der Waals surface area contributed by atoms with Crippen molar-refractivity contribution in [2.75, 3.05) is 0 Å². The number of hydrogen-bond donors (Lipinski definition) is 0. The Kier molecular flexibility index (Phi) is 2.17. The van der Waals surface area contributed by atoms with Crippen LogP contribution in [0.4, 0.5) is 0 Å². The lowest BCUT2D eigenvalue weighted by atomic mass is 9.91. The van der Waals surface area contributed by atoms with Gasteiger partial charge in [-0.3, -0.25) is 0 Å². The van der Waals surface area contributed by atoms with Crippen molar-refractivity contribution < 1.29 is 0 Å². The lowest BCUT2D eigenvalue weighted by Crippen LogP contribution is -2.14. The van der Waals surface area contributed by atoms with Crippen molar-refractivity contribution >= 4 is 0 Å². The summed E-state index contributed by atoms with van der Waals surface area (Å²) >= 11 is 0. The fourth-order valence-electron chi connectivity index (χ4n) is 1.26. The van der Waals surface area contributed by atoms with Crippen molar-refractivity contribution in [3.63, 3.8) is 0 Å². The molecule has 1 heterocycles. The molecule has 0 radical (unpaired) electrons. The van der Waals surface area contributed by atoms with Crippen LogP contribution in [0, 0.1) is 18.3 Å². The molecule has 0 aliphatic heterocycles. The molecule has 0 aromatic carbocycles. The fraction of sp³-hybridized carbons (Fsp3) is 0.600. The van der Waals surface area contributed by atoms with E-state index >= 15 is 0 Å². The van der Waals surface area contributed by atoms with Crippen LogP contribution in [0.3, 0.4) is 0 Å². The topological polar surface area (TPSA) is 41.6 Å². The van der Waals surface area contributed by atoms with Gasteiger partial charge in [-0.15, -0.1) is 0 Å². The van der Waals surface area contributed by atoms with E-state index < -0.39 is 0 Å². The minimum absolute atomic E-state index is 0.0584. The largest absolute Gasteiger partial charge is 0.323 e. The van der Waals surface area contributed by atoms with Gasteiger partial charge in [0.2, 0.25) is 0 Å². The first kappa shape index (κ1) is 9.79. The second kappa shape index (κ2) is 2.88. The quantitative estimate of drug-likeness (QED) is 0.607. The van der Waals surface area contributed by atoms with Crippen LogP contribution in [0.25, 0.3) is 0 Å². The van der Waals surface area contributed by atoms with Gasteiger partial charge in [0.15, 0.2) is 0 Å². The van der Waals surface area contributed by atoms with Crippen LogP contribution in [0.5, 0.6) is 0 Å². The van der Waals surface area contributed by atoms with Crippen molar-refractivity contribution in [2.45, 2.75) is 33.1 Å². The summed E-state index contributed by atoms with van der Waals surface area (Å²) in [6, 6.07) is 2.19. The molecule has 0 fully saturated rings. The summed E-state index contributed by atoms with van der Waals surface area (Å²) in [6.07, 6.45) is 0. The summed E-state index contributed by atoms with van der Waals surface area (Å²) in [7, 11) is 1.87. The molecule has 0 atom stereocenters. The van der Waals surface area contributed by atoms with Gasteiger partial charge in [-0.05, 0) is 6.92 Å². The Labute approximate surface area is 79.0 Å². The predicted molar refractivity (Wildman–Crippen MR) is 51.4 cm³/mol. The molecule has 3 nitrogen and oxygen atoms in total. The average Bonchev–Trinajstić information content (AvgIpc) is 2.28. The summed E-state index contributed by atoms with van der Waals surface area (Å²) in [4.78, 5) is 4.39. The third-order valence-corrected chi connectivity index (χ3v) is 2.14. The molecule has 0 bridgehead atoms. The Morgan fingerprint density at radius 2 is 1.92 bits per heavy atom. The molecule has 0 saturated heterocycles. The van der Waals surface area contributed by atoms with Crippen LogP contribution in [-0.4, -0.2) is 9.55 Å². The van der Waals surface area contributed by atoms with E-state index in [9.17, 15) is 0 Å². The van der Waals surface area contributed by atoms with Gasteiger partial charge in [0.1, 0.15) is 17.6 Å². The summed E-state index contributed by atoms with van der Waals surface area (Å²) in [6.45, 7) is 8.11. The average molecular weight is 177 g/mol. The van der Waals surface area contributed by atoms with Gasteiger partial charge < -0.3 is 4.57 Å². The smallest absolute Gasteiger partial charge is 0.143 e. The zero-order valence-corrected chi connectivity index (χ0v) is 8.84. The molecule has 0 unspecified atom stereocenters. The number of nitriles is 1. The van der Waals surface area contributed by atoms with Crippen molar-refractivity contribution in [1.82, 2.24) is 9.55 Å². The number of rotatable bonds is 0. The molecular weight excluding hydrogens is 162 g/mol. The van der Waals surface area contributed by atoms with Crippen molar-refractivity contribution in [3.8, 4) is 6.07 Å². The van der Waals surface area contributed by atoms with E-state index in [1.807, 2.05) is 18.5 Å². The standard InChI is InChI=1S/C10H15N3/c1-7-12-9(10(2,3)4)8(6-11)13(7)5/h1-5H3. The minimum Gasteiger partial charge on any atom is -0.323 e. The molecule has 1 aromatic heterocycles. The van der Waals surface area contributed by atoms with Crippen LogP contribution in [0.1, 0.15) is 38.0 Å². The zero-order chi connectivity index (χ0) is 10.2. The maximum Gasteiger partial charge on any atom is 0.143 e. The van der Waals surface area contributed by atoms with Crippen LogP contribution in [0.2, 0.25) is 0 Å². The van der Waals surface area contributed by atoms with E-state index in [4.69, 9.17) is 5.26 Å². The van der Waals surface area contributed by atoms with Gasteiger partial charge in [-0.1, -0.05) is 20.8 Å². The molecule has 1 rings (SSSR count). The number of aryl methyl sites for hydroxylation is 1. The van der Waals surface area contributed by atoms with Crippen molar-refractivity contribution in [2.24, 2.45) is 7.05 Å². The van der Waals surface area contributed by atoms with E-state index in [2.05, 4.69) is 31.8 Å². The molecule has 0 aliphatic rings. The van der Waals surface area contributed by atoms with E-state index in [1.165, 1.54) is 0 Å². The zero-order valence-electron chi connectivity index (χ0n) is 8.84. The first-order chi connectivity index (χ1) is 5.88. The van der Waals surface area contributed by atoms with Crippen LogP contribution in [-0.2, 0) is 12.5 Å². The van der Waals surface area contributed by atoms with Crippen LogP contribution in [0.15, 0.2) is 0 Å². The lowest BCUT2D eigenvalue weighted by molar-refractivity contribution is 0.569. The summed E-state index contributed by atoms with van der Waals surface area (Å²) in [5, 5.41) is 8.97. The van der Waals surface area contributed by atoms with Gasteiger partial charge in [-0.25, -0.2) is 4.98 Å². The highest BCUT2D eigenvalue weighted by molar-refractivity contribution is 5.33. The molecule has 0 aliphatic carbocycles. The normalized spacial score (nSPS) is 11.4. The molecule has 0 amide bonds. The Balaban J connectivity index is 3.41. The van der Waals surface area contributed by atoms with Gasteiger partial charge in [0.25, 0.3) is 0 Å². The highest BCUT2D eigenvalue weighted by atomic mass is 15.1. The van der Waals surface area contributed by atoms with E-state index in [-0.39, 0.29) is 5.41 Å². The molecule has 70 valence electrons. The summed E-state index contributed by atoms with van der Waals surface area (Å²) in [5.74, 6) is 0.890. The van der Waals surface area contributed by atoms with Crippen LogP contribution < -0.4 is 0 Å². The molecule has 0 saturated carbocycles. The molecule has 3 heteroatoms. The first-order valence-electron chi connectivity index (χ1n) is 4.32. The van der Waals surface area contributed by atoms with Gasteiger partial charge in [0, 0.05) is 12.5 Å². The molecule has 13 heavy (non-hydrogen) atoms. The SMILES string of the molecule is Cc1nc(C(C)(C)C)c(C#N)n1C. The number of nitrogens with zero attached hydrogens (tertiary/aromatic N) is 3. The molecular formula is C10H15N3. The van der Waals surface area contributed by atoms with Crippen LogP contribution >= 0.6 is 0 Å². The highest BCUT2D eigenvalue weighted by Gasteiger charge is 2.23. The van der Waals surface area contributed by atoms with Gasteiger partial charge >= 0.3 is 0 Å². The van der Waals surface area contributed by atoms with E-state index in [1.54, 1.807) is 0 Å². The predicted octanol–water partition coefficient (Wildman–Crippen LogP) is 1.90. The maximum atomic E-state index is 8.97. The molecule has 1 aromatic rings. The van der Waals surface area contributed by atoms with E-state index in [0.29, 0.717) is 5.69 Å². The Hall–Kier alpha value is -1.30. The van der Waals surface area contributed by atoms with Gasteiger partial charge in [-0.2, -0.15) is 5.26 Å².